The number of benzene rings is 1. The summed E-state index contributed by atoms with van der Waals surface area (Å²) in [6.07, 6.45) is 1.82. The molecule has 1 saturated carbocycles. The van der Waals surface area contributed by atoms with Crippen LogP contribution in [0.2, 0.25) is 18.1 Å². The first-order valence-corrected chi connectivity index (χ1v) is 14.6. The van der Waals surface area contributed by atoms with Gasteiger partial charge in [0.05, 0.1) is 12.2 Å². The van der Waals surface area contributed by atoms with Gasteiger partial charge >= 0.3 is 0 Å². The molecule has 31 heavy (non-hydrogen) atoms. The molecule has 2 aliphatic heterocycles. The van der Waals surface area contributed by atoms with Crippen molar-refractivity contribution in [2.75, 3.05) is 0 Å². The zero-order valence-corrected chi connectivity index (χ0v) is 21.5. The molecule has 0 bridgehead atoms. The van der Waals surface area contributed by atoms with Gasteiger partial charge in [-0.2, -0.15) is 0 Å². The van der Waals surface area contributed by atoms with Gasteiger partial charge in [0.25, 0.3) is 0 Å². The quantitative estimate of drug-likeness (QED) is 0.495. The Hall–Kier alpha value is -0.763. The maximum atomic E-state index is 7.10. The number of ether oxygens (including phenoxy) is 4. The fourth-order valence-corrected chi connectivity index (χ4v) is 6.58. The molecular formula is C25H40O5Si. The summed E-state index contributed by atoms with van der Waals surface area (Å²) in [6.45, 7) is 18.1. The third-order valence-electron chi connectivity index (χ3n) is 7.70. The van der Waals surface area contributed by atoms with E-state index in [4.69, 9.17) is 23.4 Å². The van der Waals surface area contributed by atoms with Gasteiger partial charge in [-0.3, -0.25) is 0 Å². The van der Waals surface area contributed by atoms with E-state index in [-0.39, 0.29) is 22.8 Å². The maximum absolute atomic E-state index is 7.10. The van der Waals surface area contributed by atoms with Crippen molar-refractivity contribution in [3.8, 4) is 0 Å². The molecule has 1 aliphatic carbocycles. The molecule has 0 N–H and O–H groups in total. The summed E-state index contributed by atoms with van der Waals surface area (Å²) in [5.74, 6) is -0.680. The number of rotatable bonds is 7. The van der Waals surface area contributed by atoms with Gasteiger partial charge in [0.2, 0.25) is 0 Å². The number of fused-ring (bicyclic) bond motifs is 1. The normalized spacial score (nSPS) is 34.0. The predicted octanol–water partition coefficient (Wildman–Crippen LogP) is 5.78. The van der Waals surface area contributed by atoms with E-state index >= 15 is 0 Å². The van der Waals surface area contributed by atoms with Crippen LogP contribution in [0.5, 0.6) is 0 Å². The van der Waals surface area contributed by atoms with Crippen molar-refractivity contribution in [2.24, 2.45) is 0 Å². The summed E-state index contributed by atoms with van der Waals surface area (Å²) in [4.78, 5) is 0. The molecule has 1 aromatic carbocycles. The molecule has 1 unspecified atom stereocenters. The highest BCUT2D eigenvalue weighted by Gasteiger charge is 2.74. The van der Waals surface area contributed by atoms with Crippen LogP contribution >= 0.6 is 0 Å². The largest absolute Gasteiger partial charge is 0.408 e. The molecular weight excluding hydrogens is 408 g/mol. The highest BCUT2D eigenvalue weighted by Crippen LogP contribution is 2.61. The Morgan fingerprint density at radius 1 is 1.03 bits per heavy atom. The summed E-state index contributed by atoms with van der Waals surface area (Å²) in [5.41, 5.74) is 0.223. The van der Waals surface area contributed by atoms with E-state index < -0.39 is 26.0 Å². The summed E-state index contributed by atoms with van der Waals surface area (Å²) in [7, 11) is -2.01. The summed E-state index contributed by atoms with van der Waals surface area (Å²) in [6, 6.07) is 10.3. The van der Waals surface area contributed by atoms with Crippen molar-refractivity contribution in [1.29, 1.82) is 0 Å². The van der Waals surface area contributed by atoms with Gasteiger partial charge in [0.1, 0.15) is 17.8 Å². The maximum Gasteiger partial charge on any atom is 0.192 e. The minimum absolute atomic E-state index is 0.126. The van der Waals surface area contributed by atoms with Crippen LogP contribution in [0.4, 0.5) is 0 Å². The smallest absolute Gasteiger partial charge is 0.192 e. The van der Waals surface area contributed by atoms with Gasteiger partial charge in [-0.1, -0.05) is 58.0 Å². The zero-order chi connectivity index (χ0) is 22.7. The Kier molecular flexibility index (Phi) is 5.77. The lowest BCUT2D eigenvalue weighted by molar-refractivity contribution is -0.268. The average molecular weight is 449 g/mol. The van der Waals surface area contributed by atoms with Crippen LogP contribution < -0.4 is 0 Å². The molecule has 0 spiro atoms. The monoisotopic (exact) mass is 448 g/mol. The summed E-state index contributed by atoms with van der Waals surface area (Å²) < 4.78 is 33.0. The van der Waals surface area contributed by atoms with Gasteiger partial charge < -0.3 is 23.4 Å². The van der Waals surface area contributed by atoms with Crippen molar-refractivity contribution in [3.05, 3.63) is 35.9 Å². The Balaban J connectivity index is 1.65. The van der Waals surface area contributed by atoms with Crippen molar-refractivity contribution in [3.63, 3.8) is 0 Å². The zero-order valence-electron chi connectivity index (χ0n) is 20.5. The lowest BCUT2D eigenvalue weighted by Crippen LogP contribution is -2.60. The lowest BCUT2D eigenvalue weighted by Gasteiger charge is -2.48. The predicted molar refractivity (Wildman–Crippen MR) is 123 cm³/mol. The Morgan fingerprint density at radius 2 is 1.68 bits per heavy atom. The van der Waals surface area contributed by atoms with Gasteiger partial charge in [-0.15, -0.1) is 0 Å². The SMILES string of the molecule is CC[C@]1(C2(O[Si](C)(C)C(C)(C)C)CC2)O[C@@H]2OC(C)(C)O[C@H]2C1OCc1ccccc1. The van der Waals surface area contributed by atoms with Crippen LogP contribution in [0.25, 0.3) is 0 Å². The minimum Gasteiger partial charge on any atom is -0.408 e. The van der Waals surface area contributed by atoms with E-state index in [1.165, 1.54) is 0 Å². The molecule has 0 aromatic heterocycles. The molecule has 4 rings (SSSR count). The molecule has 5 nitrogen and oxygen atoms in total. The van der Waals surface area contributed by atoms with Gasteiger partial charge in [0, 0.05) is 0 Å². The third kappa shape index (κ3) is 4.04. The summed E-state index contributed by atoms with van der Waals surface area (Å²) >= 11 is 0. The first kappa shape index (κ1) is 23.4. The van der Waals surface area contributed by atoms with Gasteiger partial charge in [-0.25, -0.2) is 0 Å². The highest BCUT2D eigenvalue weighted by molar-refractivity contribution is 6.74. The van der Waals surface area contributed by atoms with Crippen LogP contribution in [0.3, 0.4) is 0 Å². The second kappa shape index (κ2) is 7.64. The molecule has 2 saturated heterocycles. The molecule has 4 atom stereocenters. The van der Waals surface area contributed by atoms with Crippen LogP contribution in [-0.2, 0) is 30.0 Å². The van der Waals surface area contributed by atoms with Crippen molar-refractivity contribution in [1.82, 2.24) is 0 Å². The Morgan fingerprint density at radius 3 is 2.23 bits per heavy atom. The topological polar surface area (TPSA) is 46.2 Å². The van der Waals surface area contributed by atoms with Gasteiger partial charge in [-0.05, 0) is 56.8 Å². The highest BCUT2D eigenvalue weighted by atomic mass is 28.4. The molecule has 0 amide bonds. The van der Waals surface area contributed by atoms with Crippen molar-refractivity contribution < 1.29 is 23.4 Å². The van der Waals surface area contributed by atoms with E-state index in [0.717, 1.165) is 24.8 Å². The number of hydrogen-bond acceptors (Lipinski definition) is 5. The molecule has 1 aromatic rings. The first-order chi connectivity index (χ1) is 14.3. The third-order valence-corrected chi connectivity index (χ3v) is 12.2. The Labute approximate surface area is 188 Å². The lowest BCUT2D eigenvalue weighted by atomic mass is 9.84. The van der Waals surface area contributed by atoms with Crippen LogP contribution in [0.15, 0.2) is 30.3 Å². The second-order valence-electron chi connectivity index (χ2n) is 11.4. The molecule has 2 heterocycles. The van der Waals surface area contributed by atoms with E-state index in [1.54, 1.807) is 0 Å². The molecule has 3 aliphatic rings. The molecule has 3 fully saturated rings. The molecule has 0 radical (unpaired) electrons. The van der Waals surface area contributed by atoms with Crippen LogP contribution in [0.1, 0.15) is 66.4 Å². The second-order valence-corrected chi connectivity index (χ2v) is 16.1. The van der Waals surface area contributed by atoms with E-state index in [0.29, 0.717) is 6.61 Å². The van der Waals surface area contributed by atoms with Crippen molar-refractivity contribution >= 4 is 8.32 Å². The van der Waals surface area contributed by atoms with E-state index in [2.05, 4.69) is 52.9 Å². The van der Waals surface area contributed by atoms with E-state index in [1.807, 2.05) is 32.0 Å². The Bertz CT molecular complexity index is 783. The molecule has 174 valence electrons. The van der Waals surface area contributed by atoms with Crippen LogP contribution in [0, 0.1) is 0 Å². The first-order valence-electron chi connectivity index (χ1n) is 11.7. The average Bonchev–Trinajstić information content (AvgIpc) is 3.30. The fourth-order valence-electron chi connectivity index (χ4n) is 4.92. The number of hydrogen-bond donors (Lipinski definition) is 0. The van der Waals surface area contributed by atoms with E-state index in [9.17, 15) is 0 Å². The van der Waals surface area contributed by atoms with Gasteiger partial charge in [0.15, 0.2) is 20.4 Å². The fraction of sp³-hybridized carbons (Fsp3) is 0.760. The van der Waals surface area contributed by atoms with Crippen molar-refractivity contribution in [2.45, 2.75) is 121 Å². The summed E-state index contributed by atoms with van der Waals surface area (Å²) in [5, 5.41) is 0.126. The molecule has 6 heteroatoms. The minimum atomic E-state index is -2.01. The standard InChI is InChI=1S/C25H40O5Si/c1-9-25(24(15-16-24)30-31(7,8)22(2,3)4)20(26-17-18-13-11-10-12-14-18)19-21(29-25)28-23(5,6)27-19/h10-14,19-21H,9,15-17H2,1-8H3/t19-,20?,21-,25-/m0/s1. The van der Waals surface area contributed by atoms with Crippen LogP contribution in [-0.4, -0.2) is 43.8 Å².